The normalized spacial score (nSPS) is 18.1. The molecule has 1 saturated heterocycles. The average molecular weight is 407 g/mol. The maximum absolute atomic E-state index is 12.3. The van der Waals surface area contributed by atoms with Gasteiger partial charge in [0.05, 0.1) is 24.9 Å². The Labute approximate surface area is 168 Å². The fourth-order valence-corrected chi connectivity index (χ4v) is 3.24. The van der Waals surface area contributed by atoms with E-state index in [1.165, 1.54) is 13.2 Å². The van der Waals surface area contributed by atoms with Gasteiger partial charge in [-0.05, 0) is 39.8 Å². The number of carbonyl (C=O) groups excluding carboxylic acids is 2. The van der Waals surface area contributed by atoms with E-state index in [4.69, 9.17) is 18.8 Å². The molecule has 0 aromatic carbocycles. The van der Waals surface area contributed by atoms with Crippen molar-refractivity contribution in [3.63, 3.8) is 0 Å². The Morgan fingerprint density at radius 1 is 1.07 bits per heavy atom. The molecule has 154 valence electrons. The number of hydrogen-bond donors (Lipinski definition) is 0. The third kappa shape index (κ3) is 5.01. The van der Waals surface area contributed by atoms with Crippen molar-refractivity contribution in [2.45, 2.75) is 64.6 Å². The first kappa shape index (κ1) is 22.6. The molecule has 1 aliphatic heterocycles. The van der Waals surface area contributed by atoms with Crippen molar-refractivity contribution in [2.24, 2.45) is 0 Å². The van der Waals surface area contributed by atoms with Gasteiger partial charge in [-0.15, -0.1) is 0 Å². The Balaban J connectivity index is 2.27. The lowest BCUT2D eigenvalue weighted by atomic mass is 9.77. The Hall–Kier alpha value is -1.71. The number of carbonyl (C=O) groups is 2. The van der Waals surface area contributed by atoms with Crippen LogP contribution in [0.2, 0.25) is 25.7 Å². The van der Waals surface area contributed by atoms with Gasteiger partial charge in [-0.3, -0.25) is 0 Å². The molecule has 0 saturated carbocycles. The van der Waals surface area contributed by atoms with Gasteiger partial charge in [0.1, 0.15) is 11.4 Å². The highest BCUT2D eigenvalue weighted by Gasteiger charge is 2.52. The van der Waals surface area contributed by atoms with Gasteiger partial charge < -0.3 is 18.8 Å². The second-order valence-corrected chi connectivity index (χ2v) is 14.8. The van der Waals surface area contributed by atoms with Crippen LogP contribution in [0.3, 0.4) is 0 Å². The van der Waals surface area contributed by atoms with Crippen molar-refractivity contribution >= 4 is 32.6 Å². The second kappa shape index (κ2) is 7.96. The minimum absolute atomic E-state index is 0.0133. The second-order valence-electron chi connectivity index (χ2n) is 9.16. The molecule has 2 heterocycles. The molecule has 0 N–H and O–H groups in total. The van der Waals surface area contributed by atoms with Gasteiger partial charge in [0.25, 0.3) is 0 Å². The van der Waals surface area contributed by atoms with E-state index < -0.39 is 38.3 Å². The topological polar surface area (TPSA) is 84.0 Å². The molecule has 0 bridgehead atoms. The first-order valence-corrected chi connectivity index (χ1v) is 13.1. The number of hydrogen-bond acceptors (Lipinski definition) is 7. The van der Waals surface area contributed by atoms with E-state index >= 15 is 0 Å². The first-order chi connectivity index (χ1) is 12.8. The average Bonchev–Trinajstić information content (AvgIpc) is 2.80. The zero-order valence-electron chi connectivity index (χ0n) is 18.0. The lowest BCUT2D eigenvalue weighted by Crippen LogP contribution is -2.41. The molecule has 2 rings (SSSR count). The Kier molecular flexibility index (Phi) is 6.42. The summed E-state index contributed by atoms with van der Waals surface area (Å²) < 4.78 is 22.2. The van der Waals surface area contributed by atoms with Gasteiger partial charge in [0.2, 0.25) is 0 Å². The highest BCUT2D eigenvalue weighted by molar-refractivity contribution is 6.76. The molecule has 1 fully saturated rings. The van der Waals surface area contributed by atoms with Gasteiger partial charge in [0.15, 0.2) is 0 Å². The summed E-state index contributed by atoms with van der Waals surface area (Å²) in [5.41, 5.74) is -0.681. The molecule has 0 unspecified atom stereocenters. The fraction of sp³-hybridized carbons (Fsp3) is 0.632. The van der Waals surface area contributed by atoms with Crippen LogP contribution in [-0.2, 0) is 18.8 Å². The summed E-state index contributed by atoms with van der Waals surface area (Å²) in [7, 11) is -0.846. The highest BCUT2D eigenvalue weighted by atomic mass is 28.3. The summed E-state index contributed by atoms with van der Waals surface area (Å²) in [6, 6.07) is 3.98. The Bertz CT molecular complexity index is 743. The summed E-state index contributed by atoms with van der Waals surface area (Å²) in [6.07, 6.45) is 0. The van der Waals surface area contributed by atoms with Crippen molar-refractivity contribution < 1.29 is 28.4 Å². The molecule has 0 spiro atoms. The smallest absolute Gasteiger partial charge is 0.464 e. The number of aromatic nitrogens is 1. The van der Waals surface area contributed by atoms with E-state index in [9.17, 15) is 9.59 Å². The van der Waals surface area contributed by atoms with E-state index in [0.29, 0.717) is 12.1 Å². The van der Waals surface area contributed by atoms with Crippen molar-refractivity contribution in [3.8, 4) is 0 Å². The third-order valence-corrected chi connectivity index (χ3v) is 6.81. The number of methoxy groups -OCH3 is 1. The number of esters is 2. The van der Waals surface area contributed by atoms with Crippen LogP contribution < -0.4 is 5.46 Å². The zero-order chi connectivity index (χ0) is 21.3. The van der Waals surface area contributed by atoms with Crippen molar-refractivity contribution in [1.29, 1.82) is 0 Å². The minimum atomic E-state index is -1.32. The van der Waals surface area contributed by atoms with E-state index in [1.54, 1.807) is 6.07 Å². The molecule has 1 aromatic heterocycles. The van der Waals surface area contributed by atoms with Gasteiger partial charge >= 0.3 is 19.1 Å². The van der Waals surface area contributed by atoms with Gasteiger partial charge in [-0.2, -0.15) is 0 Å². The van der Waals surface area contributed by atoms with Gasteiger partial charge in [-0.1, -0.05) is 25.7 Å². The molecular weight excluding hydrogens is 377 g/mol. The summed E-state index contributed by atoms with van der Waals surface area (Å²) in [4.78, 5) is 28.8. The maximum atomic E-state index is 12.3. The van der Waals surface area contributed by atoms with E-state index in [1.807, 2.05) is 27.7 Å². The first-order valence-electron chi connectivity index (χ1n) is 9.39. The standard InChI is InChI=1S/C19H30BNO6Si/c1-18(2)19(3,4)27-20(26-18)13-9-10-14(21-15(13)17(23)24-5)16(22)25-11-12-28(6,7)8/h9-10H,11-12H2,1-8H3. The predicted octanol–water partition coefficient (Wildman–Crippen LogP) is 2.66. The molecule has 7 nitrogen and oxygen atoms in total. The van der Waals surface area contributed by atoms with Crippen LogP contribution in [0.25, 0.3) is 0 Å². The van der Waals surface area contributed by atoms with Crippen LogP contribution >= 0.6 is 0 Å². The molecule has 28 heavy (non-hydrogen) atoms. The van der Waals surface area contributed by atoms with Crippen molar-refractivity contribution in [2.75, 3.05) is 13.7 Å². The summed E-state index contributed by atoms with van der Waals surface area (Å²) >= 11 is 0. The van der Waals surface area contributed by atoms with Crippen LogP contribution in [0.4, 0.5) is 0 Å². The molecule has 9 heteroatoms. The number of pyridine rings is 1. The minimum Gasteiger partial charge on any atom is -0.464 e. The molecule has 1 aromatic rings. The van der Waals surface area contributed by atoms with E-state index in [2.05, 4.69) is 24.6 Å². The van der Waals surface area contributed by atoms with Gasteiger partial charge in [-0.25, -0.2) is 14.6 Å². The van der Waals surface area contributed by atoms with E-state index in [0.717, 1.165) is 6.04 Å². The predicted molar refractivity (Wildman–Crippen MR) is 110 cm³/mol. The van der Waals surface area contributed by atoms with Gasteiger partial charge in [0, 0.05) is 13.5 Å². The largest absolute Gasteiger partial charge is 0.497 e. The molecule has 0 radical (unpaired) electrons. The molecule has 0 aliphatic carbocycles. The molecule has 0 atom stereocenters. The quantitative estimate of drug-likeness (QED) is 0.530. The Morgan fingerprint density at radius 3 is 2.14 bits per heavy atom. The van der Waals surface area contributed by atoms with Crippen LogP contribution in [0, 0.1) is 0 Å². The fourth-order valence-electron chi connectivity index (χ4n) is 2.53. The maximum Gasteiger partial charge on any atom is 0.497 e. The number of ether oxygens (including phenoxy) is 2. The van der Waals surface area contributed by atoms with Crippen LogP contribution in [0.5, 0.6) is 0 Å². The summed E-state index contributed by atoms with van der Waals surface area (Å²) in [5, 5.41) is 0. The molecular formula is C19H30BNO6Si. The monoisotopic (exact) mass is 407 g/mol. The Morgan fingerprint density at radius 2 is 1.64 bits per heavy atom. The summed E-state index contributed by atoms with van der Waals surface area (Å²) in [6.45, 7) is 14.6. The van der Waals surface area contributed by atoms with Crippen molar-refractivity contribution in [1.82, 2.24) is 4.98 Å². The van der Waals surface area contributed by atoms with E-state index in [-0.39, 0.29) is 11.4 Å². The number of nitrogens with zero attached hydrogens (tertiary/aromatic N) is 1. The summed E-state index contributed by atoms with van der Waals surface area (Å²) in [5.74, 6) is -1.23. The van der Waals surface area contributed by atoms with Crippen molar-refractivity contribution in [3.05, 3.63) is 23.5 Å². The SMILES string of the molecule is COC(=O)c1nc(C(=O)OCC[Si](C)(C)C)ccc1B1OC(C)(C)C(C)(C)O1. The van der Waals surface area contributed by atoms with Crippen LogP contribution in [0.15, 0.2) is 12.1 Å². The molecule has 0 amide bonds. The number of rotatable bonds is 6. The molecule has 1 aliphatic rings. The third-order valence-electron chi connectivity index (χ3n) is 5.11. The van der Waals surface area contributed by atoms with Crippen LogP contribution in [0.1, 0.15) is 48.7 Å². The highest BCUT2D eigenvalue weighted by Crippen LogP contribution is 2.36. The lowest BCUT2D eigenvalue weighted by Gasteiger charge is -2.32. The van der Waals surface area contributed by atoms with Crippen LogP contribution in [-0.4, -0.2) is 57.0 Å². The lowest BCUT2D eigenvalue weighted by molar-refractivity contribution is 0.00578. The zero-order valence-corrected chi connectivity index (χ0v) is 19.0.